The zero-order chi connectivity index (χ0) is 9.61. The minimum Gasteiger partial charge on any atom is -0.390 e. The van der Waals surface area contributed by atoms with Crippen LogP contribution >= 0.6 is 11.8 Å². The lowest BCUT2D eigenvalue weighted by molar-refractivity contribution is 0.0794. The molecule has 1 atom stereocenters. The van der Waals surface area contributed by atoms with Gasteiger partial charge in [-0.05, 0) is 13.8 Å². The Bertz CT molecular complexity index is 114. The van der Waals surface area contributed by atoms with Gasteiger partial charge < -0.3 is 15.6 Å². The summed E-state index contributed by atoms with van der Waals surface area (Å²) in [6, 6.07) is 0. The molecule has 0 radical (unpaired) electrons. The largest absolute Gasteiger partial charge is 0.390 e. The summed E-state index contributed by atoms with van der Waals surface area (Å²) in [5.74, 6) is 1.54. The smallest absolute Gasteiger partial charge is 0.0863 e. The van der Waals surface area contributed by atoms with Gasteiger partial charge in [0, 0.05) is 24.2 Å². The molecule has 0 saturated heterocycles. The van der Waals surface area contributed by atoms with E-state index in [1.54, 1.807) is 18.9 Å². The van der Waals surface area contributed by atoms with Gasteiger partial charge in [-0.2, -0.15) is 11.8 Å². The first-order valence-electron chi connectivity index (χ1n) is 3.99. The molecule has 3 nitrogen and oxygen atoms in total. The highest BCUT2D eigenvalue weighted by Crippen LogP contribution is 2.10. The lowest BCUT2D eigenvalue weighted by atomic mass is 10.1. The molecule has 1 unspecified atom stereocenters. The number of nitrogens with two attached hydrogens (primary N) is 1. The summed E-state index contributed by atoms with van der Waals surface area (Å²) in [5, 5.41) is 9.26. The van der Waals surface area contributed by atoms with E-state index in [1.165, 1.54) is 0 Å². The molecule has 74 valence electrons. The van der Waals surface area contributed by atoms with Gasteiger partial charge in [0.1, 0.15) is 0 Å². The fraction of sp³-hybridized carbons (Fsp3) is 1.00. The first-order chi connectivity index (χ1) is 5.45. The van der Waals surface area contributed by atoms with Gasteiger partial charge in [0.25, 0.3) is 0 Å². The van der Waals surface area contributed by atoms with Crippen LogP contribution in [0.15, 0.2) is 0 Å². The van der Waals surface area contributed by atoms with E-state index in [-0.39, 0.29) is 11.6 Å². The van der Waals surface area contributed by atoms with Crippen LogP contribution in [0.4, 0.5) is 0 Å². The van der Waals surface area contributed by atoms with Gasteiger partial charge in [-0.25, -0.2) is 0 Å². The molecular weight excluding hydrogens is 174 g/mol. The molecule has 0 aromatic carbocycles. The van der Waals surface area contributed by atoms with E-state index in [0.29, 0.717) is 12.4 Å². The quantitative estimate of drug-likeness (QED) is 0.643. The van der Waals surface area contributed by atoms with E-state index in [2.05, 4.69) is 0 Å². The molecule has 0 saturated carbocycles. The maximum absolute atomic E-state index is 9.26. The third kappa shape index (κ3) is 8.33. The van der Waals surface area contributed by atoms with Gasteiger partial charge in [0.15, 0.2) is 0 Å². The summed E-state index contributed by atoms with van der Waals surface area (Å²) in [6.45, 7) is 4.35. The summed E-state index contributed by atoms with van der Waals surface area (Å²) in [4.78, 5) is 0. The van der Waals surface area contributed by atoms with Crippen LogP contribution in [0.5, 0.6) is 0 Å². The van der Waals surface area contributed by atoms with Gasteiger partial charge in [-0.1, -0.05) is 0 Å². The van der Waals surface area contributed by atoms with Crippen molar-refractivity contribution in [3.05, 3.63) is 0 Å². The molecule has 0 aromatic heterocycles. The monoisotopic (exact) mass is 193 g/mol. The van der Waals surface area contributed by atoms with Gasteiger partial charge >= 0.3 is 0 Å². The maximum atomic E-state index is 9.26. The van der Waals surface area contributed by atoms with E-state index < -0.39 is 0 Å². The fourth-order valence-corrected chi connectivity index (χ4v) is 1.71. The number of rotatable bonds is 6. The molecule has 0 aliphatic heterocycles. The van der Waals surface area contributed by atoms with Crippen LogP contribution in [0.1, 0.15) is 13.8 Å². The van der Waals surface area contributed by atoms with Crippen molar-refractivity contribution in [1.82, 2.24) is 0 Å². The topological polar surface area (TPSA) is 55.5 Å². The first-order valence-corrected chi connectivity index (χ1v) is 5.15. The standard InChI is InChI=1S/C8H19NO2S/c1-8(2,9)6-12-5-7(10)4-11-3/h7,10H,4-6,9H2,1-3H3. The van der Waals surface area contributed by atoms with E-state index in [0.717, 1.165) is 5.75 Å². The number of aliphatic hydroxyl groups excluding tert-OH is 1. The molecule has 0 heterocycles. The van der Waals surface area contributed by atoms with Gasteiger partial charge in [0.05, 0.1) is 12.7 Å². The molecule has 0 fully saturated rings. The van der Waals surface area contributed by atoms with Crippen molar-refractivity contribution in [3.63, 3.8) is 0 Å². The number of ether oxygens (including phenoxy) is 1. The van der Waals surface area contributed by atoms with Crippen molar-refractivity contribution in [2.24, 2.45) is 5.73 Å². The van der Waals surface area contributed by atoms with E-state index >= 15 is 0 Å². The van der Waals surface area contributed by atoms with Crippen molar-refractivity contribution in [2.45, 2.75) is 25.5 Å². The van der Waals surface area contributed by atoms with Crippen molar-refractivity contribution in [2.75, 3.05) is 25.2 Å². The highest BCUT2D eigenvalue weighted by molar-refractivity contribution is 7.99. The van der Waals surface area contributed by atoms with Crippen LogP contribution in [0.3, 0.4) is 0 Å². The Morgan fingerprint density at radius 2 is 2.17 bits per heavy atom. The third-order valence-electron chi connectivity index (χ3n) is 1.14. The predicted octanol–water partition coefficient (Wildman–Crippen LogP) is 0.464. The Morgan fingerprint density at radius 3 is 2.58 bits per heavy atom. The van der Waals surface area contributed by atoms with Gasteiger partial charge in [-0.3, -0.25) is 0 Å². The van der Waals surface area contributed by atoms with Crippen molar-refractivity contribution < 1.29 is 9.84 Å². The first kappa shape index (κ1) is 12.2. The van der Waals surface area contributed by atoms with Gasteiger partial charge in [0.2, 0.25) is 0 Å². The van der Waals surface area contributed by atoms with Crippen LogP contribution in [0.2, 0.25) is 0 Å². The Labute approximate surface area is 78.7 Å². The molecule has 0 spiro atoms. The normalized spacial score (nSPS) is 14.8. The van der Waals surface area contributed by atoms with Crippen LogP contribution in [0, 0.1) is 0 Å². The minimum absolute atomic E-state index is 0.155. The Kier molecular flexibility index (Phi) is 5.92. The van der Waals surface area contributed by atoms with E-state index in [1.807, 2.05) is 13.8 Å². The molecule has 0 rings (SSSR count). The SMILES string of the molecule is COCC(O)CSCC(C)(C)N. The highest BCUT2D eigenvalue weighted by atomic mass is 32.2. The lowest BCUT2D eigenvalue weighted by Crippen LogP contribution is -2.35. The second-order valence-electron chi connectivity index (χ2n) is 3.61. The van der Waals surface area contributed by atoms with Crippen LogP contribution in [-0.2, 0) is 4.74 Å². The zero-order valence-electron chi connectivity index (χ0n) is 8.04. The van der Waals surface area contributed by atoms with Crippen LogP contribution in [0.25, 0.3) is 0 Å². The number of aliphatic hydroxyl groups is 1. The molecule has 3 N–H and O–H groups in total. The summed E-state index contributed by atoms with van der Waals surface area (Å²) >= 11 is 1.65. The number of hydrogen-bond acceptors (Lipinski definition) is 4. The summed E-state index contributed by atoms with van der Waals surface area (Å²) < 4.78 is 4.79. The maximum Gasteiger partial charge on any atom is 0.0863 e. The highest BCUT2D eigenvalue weighted by Gasteiger charge is 2.11. The average Bonchev–Trinajstić information content (AvgIpc) is 1.84. The summed E-state index contributed by atoms with van der Waals surface area (Å²) in [7, 11) is 1.58. The van der Waals surface area contributed by atoms with E-state index in [4.69, 9.17) is 10.5 Å². The molecule has 4 heteroatoms. The second-order valence-corrected chi connectivity index (χ2v) is 4.64. The Hall–Kier alpha value is 0.230. The third-order valence-corrected chi connectivity index (χ3v) is 2.71. The number of methoxy groups -OCH3 is 1. The zero-order valence-corrected chi connectivity index (χ0v) is 8.86. The summed E-state index contributed by atoms with van der Waals surface area (Å²) in [6.07, 6.45) is -0.373. The molecule has 0 bridgehead atoms. The number of hydrogen-bond donors (Lipinski definition) is 2. The molecule has 0 aliphatic carbocycles. The molecular formula is C8H19NO2S. The molecule has 0 amide bonds. The number of thioether (sulfide) groups is 1. The fourth-order valence-electron chi connectivity index (χ4n) is 0.699. The van der Waals surface area contributed by atoms with E-state index in [9.17, 15) is 5.11 Å². The molecule has 12 heavy (non-hydrogen) atoms. The predicted molar refractivity (Wildman–Crippen MR) is 53.5 cm³/mol. The van der Waals surface area contributed by atoms with Crippen molar-refractivity contribution >= 4 is 11.8 Å². The second kappa shape index (κ2) is 5.80. The molecule has 0 aliphatic rings. The lowest BCUT2D eigenvalue weighted by Gasteiger charge is -2.18. The minimum atomic E-state index is -0.373. The average molecular weight is 193 g/mol. The van der Waals surface area contributed by atoms with Crippen LogP contribution < -0.4 is 5.73 Å². The Balaban J connectivity index is 3.31. The van der Waals surface area contributed by atoms with Gasteiger partial charge in [-0.15, -0.1) is 0 Å². The Morgan fingerprint density at radius 1 is 1.58 bits per heavy atom. The summed E-state index contributed by atoms with van der Waals surface area (Å²) in [5.41, 5.74) is 5.61. The molecule has 0 aromatic rings. The van der Waals surface area contributed by atoms with Crippen LogP contribution in [-0.4, -0.2) is 42.0 Å². The van der Waals surface area contributed by atoms with Crippen molar-refractivity contribution in [1.29, 1.82) is 0 Å². The van der Waals surface area contributed by atoms with Crippen molar-refractivity contribution in [3.8, 4) is 0 Å².